The van der Waals surface area contributed by atoms with Crippen LogP contribution < -0.4 is 9.50 Å². The van der Waals surface area contributed by atoms with Gasteiger partial charge in [0.05, 0.1) is 11.2 Å². The number of hydrogen-bond donors (Lipinski definition) is 1. The van der Waals surface area contributed by atoms with Crippen LogP contribution in [0.1, 0.15) is 29.7 Å². The molecule has 196 valence electrons. The molecule has 1 aliphatic rings. The summed E-state index contributed by atoms with van der Waals surface area (Å²) in [4.78, 5) is 18.7. The number of halogens is 3. The molecule has 0 saturated heterocycles. The first kappa shape index (κ1) is 26.6. The van der Waals surface area contributed by atoms with Gasteiger partial charge in [-0.1, -0.05) is 30.3 Å². The van der Waals surface area contributed by atoms with Gasteiger partial charge in [-0.15, -0.1) is 0 Å². The number of alkyl halides is 3. The second kappa shape index (κ2) is 11.3. The number of nitrogens with zero attached hydrogens (tertiary/aromatic N) is 2. The monoisotopic (exact) mass is 533 g/mol. The van der Waals surface area contributed by atoms with Gasteiger partial charge >= 0.3 is 15.6 Å². The molecule has 0 atom stereocenters. The van der Waals surface area contributed by atoms with Crippen molar-refractivity contribution in [3.8, 4) is 5.75 Å². The molecular formula is C26H26F3N3O4S. The Hall–Kier alpha value is -3.44. The van der Waals surface area contributed by atoms with Gasteiger partial charge in [-0.2, -0.15) is 21.6 Å². The van der Waals surface area contributed by atoms with Crippen molar-refractivity contribution in [1.82, 2.24) is 15.2 Å². The van der Waals surface area contributed by atoms with Gasteiger partial charge in [-0.25, -0.2) is 4.98 Å². The molecule has 11 heteroatoms. The van der Waals surface area contributed by atoms with Crippen LogP contribution in [0.2, 0.25) is 0 Å². The largest absolute Gasteiger partial charge is 0.534 e. The summed E-state index contributed by atoms with van der Waals surface area (Å²) in [6.07, 6.45) is 5.39. The third-order valence-electron chi connectivity index (χ3n) is 5.98. The van der Waals surface area contributed by atoms with Gasteiger partial charge < -0.3 is 9.50 Å². The average Bonchev–Trinajstić information content (AvgIpc) is 2.86. The van der Waals surface area contributed by atoms with E-state index in [2.05, 4.69) is 19.4 Å². The number of nitrogens with one attached hydrogen (secondary N) is 1. The Morgan fingerprint density at radius 2 is 1.89 bits per heavy atom. The van der Waals surface area contributed by atoms with Crippen LogP contribution in [0.4, 0.5) is 13.2 Å². The van der Waals surface area contributed by atoms with E-state index in [0.717, 1.165) is 48.0 Å². The number of fused-ring (bicyclic) bond motifs is 2. The molecule has 0 bridgehead atoms. The minimum atomic E-state index is -5.70. The zero-order chi connectivity index (χ0) is 26.5. The summed E-state index contributed by atoms with van der Waals surface area (Å²) in [7, 11) is -5.70. The van der Waals surface area contributed by atoms with Gasteiger partial charge in [-0.05, 0) is 67.3 Å². The third kappa shape index (κ3) is 7.07. The molecule has 37 heavy (non-hydrogen) atoms. The highest BCUT2D eigenvalue weighted by molar-refractivity contribution is 7.88. The number of hydrogen-bond acceptors (Lipinski definition) is 6. The molecule has 0 aliphatic carbocycles. The molecule has 7 nitrogen and oxygen atoms in total. The standard InChI is InChI=1S/C26H26F3N3O4S/c27-26(28,29)37(34,35)36-23-11-8-19-13-16-32(18-21(19)17-23)15-4-3-14-30-25(33)12-10-22-9-7-20-5-1-2-6-24(20)31-22/h1-2,5-12,17H,3-4,13-16,18H2,(H,30,33). The minimum absolute atomic E-state index is 0.205. The molecule has 0 radical (unpaired) electrons. The van der Waals surface area contributed by atoms with Crippen molar-refractivity contribution < 1.29 is 30.6 Å². The smallest absolute Gasteiger partial charge is 0.376 e. The topological polar surface area (TPSA) is 88.6 Å². The van der Waals surface area contributed by atoms with Crippen LogP contribution in [0.25, 0.3) is 17.0 Å². The number of aromatic nitrogens is 1. The van der Waals surface area contributed by atoms with E-state index in [-0.39, 0.29) is 11.7 Å². The molecule has 3 aromatic rings. The van der Waals surface area contributed by atoms with Gasteiger partial charge in [0.15, 0.2) is 0 Å². The lowest BCUT2D eigenvalue weighted by atomic mass is 9.99. The number of para-hydroxylation sites is 1. The number of carbonyl (C=O) groups excluding carboxylic acids is 1. The van der Waals surface area contributed by atoms with Crippen molar-refractivity contribution in [2.24, 2.45) is 0 Å². The maximum Gasteiger partial charge on any atom is 0.534 e. The van der Waals surface area contributed by atoms with Crippen molar-refractivity contribution in [2.75, 3.05) is 19.6 Å². The van der Waals surface area contributed by atoms with Crippen molar-refractivity contribution >= 4 is 33.0 Å². The highest BCUT2D eigenvalue weighted by Crippen LogP contribution is 2.29. The zero-order valence-corrected chi connectivity index (χ0v) is 20.7. The van der Waals surface area contributed by atoms with Crippen LogP contribution >= 0.6 is 0 Å². The fraction of sp³-hybridized carbons (Fsp3) is 0.308. The van der Waals surface area contributed by atoms with Crippen LogP contribution in [-0.4, -0.2) is 49.4 Å². The van der Waals surface area contributed by atoms with Crippen LogP contribution in [0, 0.1) is 0 Å². The highest BCUT2D eigenvalue weighted by atomic mass is 32.2. The summed E-state index contributed by atoms with van der Waals surface area (Å²) >= 11 is 0. The Morgan fingerprint density at radius 3 is 2.70 bits per heavy atom. The highest BCUT2D eigenvalue weighted by Gasteiger charge is 2.48. The Balaban J connectivity index is 1.20. The van der Waals surface area contributed by atoms with Gasteiger partial charge in [0.2, 0.25) is 5.91 Å². The lowest BCUT2D eigenvalue weighted by molar-refractivity contribution is -0.116. The van der Waals surface area contributed by atoms with Crippen LogP contribution in [0.15, 0.2) is 60.7 Å². The number of benzene rings is 2. The summed E-state index contributed by atoms with van der Waals surface area (Å²) in [5.74, 6) is -0.559. The van der Waals surface area contributed by atoms with Crippen molar-refractivity contribution in [1.29, 1.82) is 0 Å². The molecule has 0 unspecified atom stereocenters. The molecule has 1 amide bonds. The molecule has 0 fully saturated rings. The molecular weight excluding hydrogens is 507 g/mol. The first-order chi connectivity index (χ1) is 17.6. The fourth-order valence-electron chi connectivity index (χ4n) is 4.08. The summed E-state index contributed by atoms with van der Waals surface area (Å²) in [6, 6.07) is 15.7. The number of unbranched alkanes of at least 4 members (excludes halogenated alkanes) is 1. The SMILES string of the molecule is O=C(C=Cc1ccc2ccccc2n1)NCCCCN1CCc2ccc(OS(=O)(=O)C(F)(F)F)cc2C1. The normalized spacial score (nSPS) is 14.6. The van der Waals surface area contributed by atoms with Crippen molar-refractivity contribution in [2.45, 2.75) is 31.3 Å². The Morgan fingerprint density at radius 1 is 1.08 bits per heavy atom. The van der Waals surface area contributed by atoms with Gasteiger partial charge in [0, 0.05) is 31.1 Å². The summed E-state index contributed by atoms with van der Waals surface area (Å²) < 4.78 is 64.6. The molecule has 1 aromatic heterocycles. The van der Waals surface area contributed by atoms with E-state index in [0.29, 0.717) is 25.2 Å². The van der Waals surface area contributed by atoms with E-state index in [4.69, 9.17) is 0 Å². The molecule has 2 heterocycles. The third-order valence-corrected chi connectivity index (χ3v) is 6.96. The van der Waals surface area contributed by atoms with Crippen LogP contribution in [0.3, 0.4) is 0 Å². The van der Waals surface area contributed by atoms with E-state index in [9.17, 15) is 26.4 Å². The number of rotatable bonds is 9. The zero-order valence-electron chi connectivity index (χ0n) is 19.9. The lowest BCUT2D eigenvalue weighted by Crippen LogP contribution is -2.32. The molecule has 2 aromatic carbocycles. The summed E-state index contributed by atoms with van der Waals surface area (Å²) in [5.41, 5.74) is -2.23. The molecule has 0 spiro atoms. The van der Waals surface area contributed by atoms with Crippen LogP contribution in [-0.2, 0) is 27.9 Å². The van der Waals surface area contributed by atoms with Gasteiger partial charge in [-0.3, -0.25) is 9.69 Å². The average molecular weight is 534 g/mol. The molecule has 0 saturated carbocycles. The predicted molar refractivity (Wildman–Crippen MR) is 134 cm³/mol. The van der Waals surface area contributed by atoms with E-state index >= 15 is 0 Å². The van der Waals surface area contributed by atoms with Gasteiger partial charge in [0.1, 0.15) is 5.75 Å². The maximum absolute atomic E-state index is 12.6. The van der Waals surface area contributed by atoms with Gasteiger partial charge in [0.25, 0.3) is 0 Å². The fourth-order valence-corrected chi connectivity index (χ4v) is 4.53. The summed E-state index contributed by atoms with van der Waals surface area (Å²) in [6.45, 7) is 2.50. The van der Waals surface area contributed by atoms with E-state index in [1.165, 1.54) is 18.2 Å². The first-order valence-corrected chi connectivity index (χ1v) is 13.2. The quantitative estimate of drug-likeness (QED) is 0.190. The predicted octanol–water partition coefficient (Wildman–Crippen LogP) is 4.43. The second-order valence-corrected chi connectivity index (χ2v) is 10.2. The minimum Gasteiger partial charge on any atom is -0.376 e. The van der Waals surface area contributed by atoms with Crippen molar-refractivity contribution in [3.05, 3.63) is 77.5 Å². The lowest BCUT2D eigenvalue weighted by Gasteiger charge is -2.29. The Bertz CT molecular complexity index is 1410. The number of pyridine rings is 1. The first-order valence-electron chi connectivity index (χ1n) is 11.8. The van der Waals surface area contributed by atoms with E-state index in [1.807, 2.05) is 36.4 Å². The van der Waals surface area contributed by atoms with E-state index < -0.39 is 15.6 Å². The van der Waals surface area contributed by atoms with E-state index in [1.54, 1.807) is 12.1 Å². The van der Waals surface area contributed by atoms with Crippen molar-refractivity contribution in [3.63, 3.8) is 0 Å². The van der Waals surface area contributed by atoms with Crippen LogP contribution in [0.5, 0.6) is 5.75 Å². The Labute approximate surface area is 213 Å². The number of amides is 1. The maximum atomic E-state index is 12.6. The Kier molecular flexibility index (Phi) is 8.13. The number of carbonyl (C=O) groups is 1. The molecule has 1 N–H and O–H groups in total. The molecule has 1 aliphatic heterocycles. The second-order valence-electron chi connectivity index (χ2n) is 8.70. The summed E-state index contributed by atoms with van der Waals surface area (Å²) in [5, 5.41) is 3.88. The molecule has 4 rings (SSSR count).